The third kappa shape index (κ3) is 1.99. The molecule has 1 unspecified atom stereocenters. The van der Waals surface area contributed by atoms with Crippen molar-refractivity contribution in [2.24, 2.45) is 0 Å². The van der Waals surface area contributed by atoms with Gasteiger partial charge in [-0.25, -0.2) is 13.8 Å². The lowest BCUT2D eigenvalue weighted by molar-refractivity contribution is 0.111. The second-order valence-corrected chi connectivity index (χ2v) is 5.22. The molecule has 5 heteroatoms. The molecule has 1 fully saturated rings. The first kappa shape index (κ1) is 12.1. The van der Waals surface area contributed by atoms with Crippen LogP contribution >= 0.6 is 0 Å². The molecule has 1 heterocycles. The van der Waals surface area contributed by atoms with Crippen molar-refractivity contribution in [3.63, 3.8) is 0 Å². The van der Waals surface area contributed by atoms with E-state index in [9.17, 15) is 8.78 Å². The van der Waals surface area contributed by atoms with E-state index in [4.69, 9.17) is 5.73 Å². The number of nitrogen functional groups attached to an aromatic ring is 1. The molecule has 1 aromatic carbocycles. The van der Waals surface area contributed by atoms with Gasteiger partial charge < -0.3 is 10.3 Å². The summed E-state index contributed by atoms with van der Waals surface area (Å²) in [6.45, 7) is 3.91. The molecule has 1 aliphatic rings. The number of rotatable bonds is 2. The van der Waals surface area contributed by atoms with E-state index in [-0.39, 0.29) is 6.42 Å². The number of aryl methyl sites for hydroxylation is 2. The number of benzene rings is 1. The van der Waals surface area contributed by atoms with Gasteiger partial charge in [0.2, 0.25) is 0 Å². The Morgan fingerprint density at radius 3 is 2.63 bits per heavy atom. The highest BCUT2D eigenvalue weighted by atomic mass is 19.3. The van der Waals surface area contributed by atoms with Crippen LogP contribution in [0.1, 0.15) is 29.2 Å². The summed E-state index contributed by atoms with van der Waals surface area (Å²) in [7, 11) is 0. The molecule has 0 amide bonds. The first-order valence-electron chi connectivity index (χ1n) is 6.17. The summed E-state index contributed by atoms with van der Waals surface area (Å²) in [5.41, 5.74) is 9.96. The Balaban J connectivity index is 1.97. The van der Waals surface area contributed by atoms with Gasteiger partial charge in [0.25, 0.3) is 5.92 Å². The Labute approximate surface area is 110 Å². The van der Waals surface area contributed by atoms with E-state index in [1.54, 1.807) is 17.1 Å². The highest BCUT2D eigenvalue weighted by Gasteiger charge is 2.58. The van der Waals surface area contributed by atoms with E-state index in [1.807, 2.05) is 26.0 Å². The molecule has 19 heavy (non-hydrogen) atoms. The molecule has 1 atom stereocenters. The molecule has 1 aromatic heterocycles. The summed E-state index contributed by atoms with van der Waals surface area (Å²) < 4.78 is 27.8. The Morgan fingerprint density at radius 2 is 2.00 bits per heavy atom. The largest absolute Gasteiger partial charge is 0.398 e. The average molecular weight is 263 g/mol. The van der Waals surface area contributed by atoms with Crippen LogP contribution < -0.4 is 5.73 Å². The van der Waals surface area contributed by atoms with Gasteiger partial charge in [-0.2, -0.15) is 0 Å². The number of alkyl halides is 2. The standard InChI is InChI=1S/C14H15F2N3/c1-8-3-9(2)13(4-11(8)17)19-6-12(18-7-19)10-5-14(10,15)16/h3-4,6-7,10H,5,17H2,1-2H3. The first-order chi connectivity index (χ1) is 8.88. The number of nitrogens with two attached hydrogens (primary N) is 1. The Hall–Kier alpha value is -1.91. The third-order valence-electron chi connectivity index (χ3n) is 3.65. The molecular weight excluding hydrogens is 248 g/mol. The lowest BCUT2D eigenvalue weighted by atomic mass is 10.1. The maximum absolute atomic E-state index is 13.0. The van der Waals surface area contributed by atoms with Crippen LogP contribution in [0.2, 0.25) is 0 Å². The van der Waals surface area contributed by atoms with Crippen molar-refractivity contribution in [2.75, 3.05) is 5.73 Å². The molecule has 100 valence electrons. The number of nitrogens with zero attached hydrogens (tertiary/aromatic N) is 2. The maximum atomic E-state index is 13.0. The van der Waals surface area contributed by atoms with Gasteiger partial charge in [0.1, 0.15) is 0 Å². The Bertz CT molecular complexity index is 646. The number of hydrogen-bond donors (Lipinski definition) is 1. The second-order valence-electron chi connectivity index (χ2n) is 5.22. The minimum Gasteiger partial charge on any atom is -0.398 e. The fourth-order valence-corrected chi connectivity index (χ4v) is 2.32. The monoisotopic (exact) mass is 263 g/mol. The molecule has 0 bridgehead atoms. The van der Waals surface area contributed by atoms with Crippen molar-refractivity contribution in [1.29, 1.82) is 0 Å². The smallest absolute Gasteiger partial charge is 0.257 e. The van der Waals surface area contributed by atoms with Gasteiger partial charge in [-0.1, -0.05) is 6.07 Å². The zero-order valence-electron chi connectivity index (χ0n) is 10.8. The summed E-state index contributed by atoms with van der Waals surface area (Å²) in [5, 5.41) is 0. The van der Waals surface area contributed by atoms with Crippen LogP contribution in [0.5, 0.6) is 0 Å². The molecule has 0 saturated heterocycles. The van der Waals surface area contributed by atoms with Gasteiger partial charge >= 0.3 is 0 Å². The number of anilines is 1. The zero-order chi connectivity index (χ0) is 13.8. The second kappa shape index (κ2) is 3.79. The highest BCUT2D eigenvalue weighted by molar-refractivity contribution is 5.57. The minimum atomic E-state index is -2.58. The lowest BCUT2D eigenvalue weighted by Gasteiger charge is -2.10. The van der Waals surface area contributed by atoms with E-state index < -0.39 is 11.8 Å². The van der Waals surface area contributed by atoms with E-state index in [0.29, 0.717) is 11.4 Å². The first-order valence-corrected chi connectivity index (χ1v) is 6.17. The average Bonchev–Trinajstić information content (AvgIpc) is 2.76. The van der Waals surface area contributed by atoms with Crippen molar-refractivity contribution in [2.45, 2.75) is 32.1 Å². The lowest BCUT2D eigenvalue weighted by Crippen LogP contribution is -1.98. The molecule has 3 nitrogen and oxygen atoms in total. The van der Waals surface area contributed by atoms with Crippen LogP contribution in [0.4, 0.5) is 14.5 Å². The maximum Gasteiger partial charge on any atom is 0.257 e. The van der Waals surface area contributed by atoms with Gasteiger partial charge in [-0.15, -0.1) is 0 Å². The SMILES string of the molecule is Cc1cc(C)c(-n2cnc(C3CC3(F)F)c2)cc1N. The fourth-order valence-electron chi connectivity index (χ4n) is 2.32. The summed E-state index contributed by atoms with van der Waals surface area (Å²) in [6.07, 6.45) is 3.14. The molecule has 0 spiro atoms. The van der Waals surface area contributed by atoms with E-state index in [2.05, 4.69) is 4.98 Å². The number of imidazole rings is 1. The van der Waals surface area contributed by atoms with Crippen LogP contribution in [0, 0.1) is 13.8 Å². The summed E-state index contributed by atoms with van der Waals surface area (Å²) >= 11 is 0. The van der Waals surface area contributed by atoms with Gasteiger partial charge in [0, 0.05) is 18.3 Å². The topological polar surface area (TPSA) is 43.8 Å². The molecule has 1 aliphatic carbocycles. The predicted molar refractivity (Wildman–Crippen MR) is 69.8 cm³/mol. The predicted octanol–water partition coefficient (Wildman–Crippen LogP) is 3.19. The van der Waals surface area contributed by atoms with Gasteiger partial charge in [-0.05, 0) is 31.0 Å². The van der Waals surface area contributed by atoms with Crippen molar-refractivity contribution < 1.29 is 8.78 Å². The van der Waals surface area contributed by atoms with Crippen molar-refractivity contribution in [3.8, 4) is 5.69 Å². The van der Waals surface area contributed by atoms with Crippen LogP contribution in [0.15, 0.2) is 24.7 Å². The molecule has 2 aromatic rings. The normalized spacial score (nSPS) is 20.5. The van der Waals surface area contributed by atoms with Crippen LogP contribution in [0.3, 0.4) is 0 Å². The molecule has 0 aliphatic heterocycles. The highest BCUT2D eigenvalue weighted by Crippen LogP contribution is 2.55. The summed E-state index contributed by atoms with van der Waals surface area (Å²) in [5.74, 6) is -3.31. The zero-order valence-corrected chi connectivity index (χ0v) is 10.8. The van der Waals surface area contributed by atoms with Crippen molar-refractivity contribution in [3.05, 3.63) is 41.5 Å². The van der Waals surface area contributed by atoms with Crippen LogP contribution in [-0.4, -0.2) is 15.5 Å². The fraction of sp³-hybridized carbons (Fsp3) is 0.357. The quantitative estimate of drug-likeness (QED) is 0.846. The van der Waals surface area contributed by atoms with E-state index in [1.165, 1.54) is 0 Å². The van der Waals surface area contributed by atoms with Gasteiger partial charge in [0.05, 0.1) is 23.6 Å². The van der Waals surface area contributed by atoms with Crippen LogP contribution in [-0.2, 0) is 0 Å². The molecule has 1 saturated carbocycles. The van der Waals surface area contributed by atoms with Crippen molar-refractivity contribution >= 4 is 5.69 Å². The van der Waals surface area contributed by atoms with E-state index >= 15 is 0 Å². The van der Waals surface area contributed by atoms with Crippen molar-refractivity contribution in [1.82, 2.24) is 9.55 Å². The number of hydrogen-bond acceptors (Lipinski definition) is 2. The minimum absolute atomic E-state index is 0.0982. The number of halogens is 2. The summed E-state index contributed by atoms with van der Waals surface area (Å²) in [4.78, 5) is 4.09. The van der Waals surface area contributed by atoms with Crippen LogP contribution in [0.25, 0.3) is 5.69 Å². The summed E-state index contributed by atoms with van der Waals surface area (Å²) in [6, 6.07) is 3.83. The Kier molecular flexibility index (Phi) is 2.42. The molecular formula is C14H15F2N3. The molecule has 3 rings (SSSR count). The Morgan fingerprint density at radius 1 is 1.32 bits per heavy atom. The van der Waals surface area contributed by atoms with E-state index in [0.717, 1.165) is 16.8 Å². The molecule has 0 radical (unpaired) electrons. The van der Waals surface area contributed by atoms with Gasteiger partial charge in [-0.3, -0.25) is 0 Å². The van der Waals surface area contributed by atoms with Gasteiger partial charge in [0.15, 0.2) is 0 Å². The molecule has 2 N–H and O–H groups in total. The number of aromatic nitrogens is 2. The third-order valence-corrected chi connectivity index (χ3v) is 3.65.